The fraction of sp³-hybridized carbons (Fsp3) is 0.323. The number of halogens is 2. The van der Waals surface area contributed by atoms with E-state index in [9.17, 15) is 14.7 Å². The maximum atomic E-state index is 14.5. The molecule has 1 spiro atoms. The number of rotatable bonds is 4. The summed E-state index contributed by atoms with van der Waals surface area (Å²) < 4.78 is 2.10. The second-order valence-corrected chi connectivity index (χ2v) is 12.4. The first-order chi connectivity index (χ1) is 19.4. The first-order valence-corrected chi connectivity index (χ1v) is 14.5. The van der Waals surface area contributed by atoms with Crippen LogP contribution in [0.5, 0.6) is 0 Å². The molecule has 9 heteroatoms. The van der Waals surface area contributed by atoms with Crippen LogP contribution in [0.2, 0.25) is 10.0 Å². The van der Waals surface area contributed by atoms with E-state index < -0.39 is 11.5 Å². The number of anilines is 1. The lowest BCUT2D eigenvalue weighted by atomic mass is 9.73. The molecule has 1 saturated carbocycles. The van der Waals surface area contributed by atoms with Crippen LogP contribution in [0.1, 0.15) is 58.4 Å². The zero-order chi connectivity index (χ0) is 27.3. The zero-order valence-corrected chi connectivity index (χ0v) is 23.0. The summed E-state index contributed by atoms with van der Waals surface area (Å²) in [4.78, 5) is 28.7. The molecule has 3 aromatic carbocycles. The molecule has 4 aromatic rings. The molecular weight excluding hydrogens is 547 g/mol. The van der Waals surface area contributed by atoms with Crippen LogP contribution in [0.3, 0.4) is 0 Å². The molecule has 4 atom stereocenters. The minimum absolute atomic E-state index is 0.0452. The Labute approximate surface area is 240 Å². The molecule has 4 heterocycles. The molecule has 1 saturated heterocycles. The van der Waals surface area contributed by atoms with E-state index in [4.69, 9.17) is 28.3 Å². The summed E-state index contributed by atoms with van der Waals surface area (Å²) in [6.45, 7) is 0.826. The summed E-state index contributed by atoms with van der Waals surface area (Å²) in [6, 6.07) is 18.6. The highest BCUT2D eigenvalue weighted by Crippen LogP contribution is 2.63. The van der Waals surface area contributed by atoms with Gasteiger partial charge in [-0.1, -0.05) is 47.5 Å². The number of aromatic nitrogens is 2. The molecule has 1 aliphatic carbocycles. The number of carbonyl (C=O) groups excluding carboxylic acids is 1. The molecular formula is C31H26Cl2N4O3. The Balaban J connectivity index is 1.41. The number of carboxylic acid groups (broad SMARTS) is 1. The van der Waals surface area contributed by atoms with Crippen molar-refractivity contribution in [2.75, 3.05) is 11.9 Å². The van der Waals surface area contributed by atoms with E-state index in [1.165, 1.54) is 0 Å². The number of aryl methyl sites for hydroxylation is 1. The van der Waals surface area contributed by atoms with Crippen LogP contribution >= 0.6 is 23.2 Å². The summed E-state index contributed by atoms with van der Waals surface area (Å²) in [5.74, 6) is -0.757. The van der Waals surface area contributed by atoms with Crippen LogP contribution in [0.25, 0.3) is 10.9 Å². The Kier molecular flexibility index (Phi) is 5.22. The van der Waals surface area contributed by atoms with Crippen molar-refractivity contribution in [1.29, 1.82) is 0 Å². The van der Waals surface area contributed by atoms with Gasteiger partial charge >= 0.3 is 5.97 Å². The first-order valence-electron chi connectivity index (χ1n) is 13.7. The van der Waals surface area contributed by atoms with Crippen molar-refractivity contribution in [3.63, 3.8) is 0 Å². The number of hydrogen-bond donors (Lipinski definition) is 2. The van der Waals surface area contributed by atoms with Gasteiger partial charge in [-0.15, -0.1) is 0 Å². The minimum Gasteiger partial charge on any atom is -0.478 e. The SMILES string of the molecule is O=C(O)c1ccc2c3n(nc2c1)[C@@H]1[C@H](CC3)N(CC2CC2)[C@@]2(C(=O)Nc3cc(Cl)ccc32)[C@H]1c1cccc(Cl)c1. The van der Waals surface area contributed by atoms with Crippen molar-refractivity contribution in [3.05, 3.63) is 93.1 Å². The van der Waals surface area contributed by atoms with Crippen molar-refractivity contribution >= 4 is 51.7 Å². The normalized spacial score (nSPS) is 27.1. The summed E-state index contributed by atoms with van der Waals surface area (Å²) >= 11 is 13.0. The fourth-order valence-electron chi connectivity index (χ4n) is 7.68. The monoisotopic (exact) mass is 572 g/mol. The van der Waals surface area contributed by atoms with Crippen LogP contribution in [-0.4, -0.2) is 44.3 Å². The minimum atomic E-state index is -0.976. The van der Waals surface area contributed by atoms with Gasteiger partial charge < -0.3 is 10.4 Å². The fourth-order valence-corrected chi connectivity index (χ4v) is 8.05. The highest BCUT2D eigenvalue weighted by Gasteiger charge is 2.68. The van der Waals surface area contributed by atoms with Gasteiger partial charge in [-0.25, -0.2) is 4.79 Å². The van der Waals surface area contributed by atoms with Gasteiger partial charge in [-0.3, -0.25) is 14.4 Å². The zero-order valence-electron chi connectivity index (χ0n) is 21.5. The van der Waals surface area contributed by atoms with E-state index in [0.717, 1.165) is 60.1 Å². The van der Waals surface area contributed by atoms with Crippen molar-refractivity contribution in [1.82, 2.24) is 14.7 Å². The first kappa shape index (κ1) is 24.4. The van der Waals surface area contributed by atoms with Crippen molar-refractivity contribution in [3.8, 4) is 0 Å². The molecule has 4 aliphatic rings. The van der Waals surface area contributed by atoms with Crippen LogP contribution in [0.15, 0.2) is 60.7 Å². The number of aromatic carboxylic acids is 1. The van der Waals surface area contributed by atoms with Crippen LogP contribution < -0.4 is 5.32 Å². The Morgan fingerprint density at radius 1 is 1.05 bits per heavy atom. The maximum absolute atomic E-state index is 14.5. The number of fused-ring (bicyclic) bond motifs is 7. The highest BCUT2D eigenvalue weighted by atomic mass is 35.5. The number of carboxylic acids is 1. The van der Waals surface area contributed by atoms with Gasteiger partial charge in [-0.2, -0.15) is 5.10 Å². The molecule has 7 nitrogen and oxygen atoms in total. The quantitative estimate of drug-likeness (QED) is 0.301. The average molecular weight is 573 g/mol. The van der Waals surface area contributed by atoms with E-state index in [0.29, 0.717) is 21.5 Å². The topological polar surface area (TPSA) is 87.5 Å². The average Bonchev–Trinajstić information content (AvgIpc) is 3.51. The molecule has 202 valence electrons. The van der Waals surface area contributed by atoms with Crippen LogP contribution in [0.4, 0.5) is 5.69 Å². The Morgan fingerprint density at radius 2 is 1.88 bits per heavy atom. The number of amides is 1. The summed E-state index contributed by atoms with van der Waals surface area (Å²) in [6.07, 6.45) is 3.98. The number of likely N-dealkylation sites (tertiary alicyclic amines) is 1. The Morgan fingerprint density at radius 3 is 2.65 bits per heavy atom. The van der Waals surface area contributed by atoms with Crippen molar-refractivity contribution in [2.24, 2.45) is 5.92 Å². The number of hydrogen-bond acceptors (Lipinski definition) is 4. The van der Waals surface area contributed by atoms with Gasteiger partial charge in [-0.05, 0) is 73.6 Å². The lowest BCUT2D eigenvalue weighted by molar-refractivity contribution is -0.128. The van der Waals surface area contributed by atoms with E-state index in [1.54, 1.807) is 12.1 Å². The molecule has 0 bridgehead atoms. The standard InChI is InChI=1S/C31H26Cl2N4O3/c32-19-3-1-2-17(12-19)27-28-26(11-10-25-21-8-6-18(29(38)39)13-23(21)35-37(25)28)36(15-16-4-5-16)31(27)22-9-7-20(33)14-24(22)34-30(31)40/h1-3,6-9,12-14,16,26-28H,4-5,10-11,15H2,(H,34,40)(H,38,39)/t26-,27-,28+,31+/m0/s1. The van der Waals surface area contributed by atoms with Crippen molar-refractivity contribution in [2.45, 2.75) is 49.2 Å². The van der Waals surface area contributed by atoms with Gasteiger partial charge in [0.15, 0.2) is 0 Å². The number of benzene rings is 3. The molecule has 8 rings (SSSR count). The van der Waals surface area contributed by atoms with Crippen LogP contribution in [0, 0.1) is 5.92 Å². The second kappa shape index (κ2) is 8.56. The van der Waals surface area contributed by atoms with E-state index in [1.807, 2.05) is 42.5 Å². The van der Waals surface area contributed by atoms with E-state index >= 15 is 0 Å². The summed E-state index contributed by atoms with van der Waals surface area (Å²) in [5, 5.41) is 20.0. The summed E-state index contributed by atoms with van der Waals surface area (Å²) in [5.41, 5.74) is 3.67. The summed E-state index contributed by atoms with van der Waals surface area (Å²) in [7, 11) is 0. The van der Waals surface area contributed by atoms with Gasteiger partial charge in [0.1, 0.15) is 5.54 Å². The molecule has 1 amide bonds. The lowest BCUT2D eigenvalue weighted by Gasteiger charge is -2.39. The predicted octanol–water partition coefficient (Wildman–Crippen LogP) is 6.25. The highest BCUT2D eigenvalue weighted by molar-refractivity contribution is 6.31. The Bertz CT molecular complexity index is 1750. The number of nitrogens with one attached hydrogen (secondary N) is 1. The van der Waals surface area contributed by atoms with Gasteiger partial charge in [0.2, 0.25) is 5.91 Å². The van der Waals surface area contributed by atoms with Gasteiger partial charge in [0.25, 0.3) is 0 Å². The largest absolute Gasteiger partial charge is 0.478 e. The third-order valence-electron chi connectivity index (χ3n) is 9.39. The predicted molar refractivity (Wildman–Crippen MR) is 153 cm³/mol. The molecule has 0 radical (unpaired) electrons. The lowest BCUT2D eigenvalue weighted by Crippen LogP contribution is -2.52. The van der Waals surface area contributed by atoms with E-state index in [2.05, 4.69) is 21.0 Å². The number of nitrogens with zero attached hydrogens (tertiary/aromatic N) is 3. The molecule has 3 aliphatic heterocycles. The molecule has 2 fully saturated rings. The molecule has 1 aromatic heterocycles. The molecule has 2 N–H and O–H groups in total. The number of carbonyl (C=O) groups is 2. The Hall–Kier alpha value is -3.39. The van der Waals surface area contributed by atoms with Gasteiger partial charge in [0.05, 0.1) is 17.1 Å². The molecule has 0 unspecified atom stereocenters. The van der Waals surface area contributed by atoms with E-state index in [-0.39, 0.29) is 29.5 Å². The molecule has 40 heavy (non-hydrogen) atoms. The third-order valence-corrected chi connectivity index (χ3v) is 9.86. The van der Waals surface area contributed by atoms with Crippen molar-refractivity contribution < 1.29 is 14.7 Å². The maximum Gasteiger partial charge on any atom is 0.335 e. The third kappa shape index (κ3) is 3.31. The van der Waals surface area contributed by atoms with Gasteiger partial charge in [0, 0.05) is 50.9 Å². The van der Waals surface area contributed by atoms with Crippen LogP contribution in [-0.2, 0) is 16.8 Å². The second-order valence-electron chi connectivity index (χ2n) is 11.6. The smallest absolute Gasteiger partial charge is 0.335 e.